The van der Waals surface area contributed by atoms with E-state index >= 15 is 0 Å². The van der Waals surface area contributed by atoms with Gasteiger partial charge in [-0.2, -0.15) is 0 Å². The van der Waals surface area contributed by atoms with Gasteiger partial charge in [0.1, 0.15) is 11.6 Å². The van der Waals surface area contributed by atoms with Crippen LogP contribution in [0.1, 0.15) is 13.8 Å². The Morgan fingerprint density at radius 2 is 1.86 bits per heavy atom. The molecule has 0 amide bonds. The van der Waals surface area contributed by atoms with Crippen LogP contribution in [0.15, 0.2) is 72.6 Å². The zero-order chi connectivity index (χ0) is 19.8. The molecule has 3 rings (SSSR count). The van der Waals surface area contributed by atoms with E-state index in [-0.39, 0.29) is 31.6 Å². The molecule has 1 radical (unpaired) electrons. The van der Waals surface area contributed by atoms with E-state index in [0.29, 0.717) is 11.1 Å². The Kier molecular flexibility index (Phi) is 9.36. The van der Waals surface area contributed by atoms with E-state index in [1.165, 1.54) is 32.1 Å². The number of halogens is 2. The predicted octanol–water partition coefficient (Wildman–Crippen LogP) is 5.53. The number of aliphatic hydroxyl groups is 1. The molecule has 6 heteroatoms. The van der Waals surface area contributed by atoms with Gasteiger partial charge < -0.3 is 10.1 Å². The van der Waals surface area contributed by atoms with Gasteiger partial charge in [0.25, 0.3) is 0 Å². The summed E-state index contributed by atoms with van der Waals surface area (Å²) in [6.45, 7) is 2.85. The summed E-state index contributed by atoms with van der Waals surface area (Å²) in [4.78, 5) is 14.3. The zero-order valence-electron chi connectivity index (χ0n) is 15.2. The zero-order valence-corrected chi connectivity index (χ0v) is 17.6. The normalized spacial score (nSPS) is 10.4. The maximum absolute atomic E-state index is 13.8. The molecule has 3 aromatic rings. The molecule has 147 valence electrons. The summed E-state index contributed by atoms with van der Waals surface area (Å²) in [5.74, 6) is -1.23. The Morgan fingerprint density at radius 3 is 2.39 bits per heavy atom. The van der Waals surface area contributed by atoms with Crippen LogP contribution in [0, 0.1) is 17.7 Å². The molecule has 1 N–H and O–H groups in total. The molecule has 0 aliphatic carbocycles. The SMILES string of the molecule is CC(=O)C=C(C)O.Fc1ccc(-c2cc[c-]c(-c3ccccn3)c2)c(F)c1.[Ir]. The van der Waals surface area contributed by atoms with Gasteiger partial charge in [-0.15, -0.1) is 29.8 Å². The van der Waals surface area contributed by atoms with E-state index in [2.05, 4.69) is 11.1 Å². The maximum atomic E-state index is 13.8. The second-order valence-electron chi connectivity index (χ2n) is 5.73. The van der Waals surface area contributed by atoms with Gasteiger partial charge in [-0.1, -0.05) is 23.8 Å². The van der Waals surface area contributed by atoms with Gasteiger partial charge >= 0.3 is 0 Å². The molecule has 0 aliphatic rings. The minimum absolute atomic E-state index is 0. The number of carbonyl (C=O) groups excluding carboxylic acids is 1. The first-order valence-electron chi connectivity index (χ1n) is 8.13. The molecule has 28 heavy (non-hydrogen) atoms. The van der Waals surface area contributed by atoms with Crippen LogP contribution in [-0.2, 0) is 24.9 Å². The summed E-state index contributed by atoms with van der Waals surface area (Å²) in [7, 11) is 0. The van der Waals surface area contributed by atoms with Gasteiger partial charge in [-0.05, 0) is 37.2 Å². The number of hydrogen-bond donors (Lipinski definition) is 1. The molecule has 0 saturated heterocycles. The Hall–Kier alpha value is -2.69. The Labute approximate surface area is 176 Å². The van der Waals surface area contributed by atoms with Crippen molar-refractivity contribution >= 4 is 5.78 Å². The quantitative estimate of drug-likeness (QED) is 0.261. The van der Waals surface area contributed by atoms with Crippen LogP contribution >= 0.6 is 0 Å². The maximum Gasteiger partial charge on any atom is 0.155 e. The predicted molar refractivity (Wildman–Crippen MR) is 101 cm³/mol. The average molecular weight is 559 g/mol. The molecule has 1 aromatic heterocycles. The van der Waals surface area contributed by atoms with Crippen LogP contribution < -0.4 is 0 Å². The summed E-state index contributed by atoms with van der Waals surface area (Å²) in [6, 6.07) is 17.4. The summed E-state index contributed by atoms with van der Waals surface area (Å²) < 4.78 is 26.8. The molecule has 0 aliphatic heterocycles. The van der Waals surface area contributed by atoms with Crippen molar-refractivity contribution in [1.82, 2.24) is 4.98 Å². The number of nitrogens with zero attached hydrogens (tertiary/aromatic N) is 1. The topological polar surface area (TPSA) is 50.2 Å². The standard InChI is InChI=1S/C17H10F2N.C5H8O2.Ir/c18-14-7-8-15(16(19)11-14)12-4-3-5-13(10-12)17-6-1-2-9-20-17;1-4(6)3-5(2)7;/h1-4,6-11H;3,6H,1-2H3;/q-1;;. The number of pyridine rings is 1. The molecule has 0 bridgehead atoms. The second kappa shape index (κ2) is 11.2. The molecule has 0 spiro atoms. The number of hydrogen-bond acceptors (Lipinski definition) is 3. The monoisotopic (exact) mass is 559 g/mol. The minimum atomic E-state index is -0.585. The number of ketones is 1. The third-order valence-electron chi connectivity index (χ3n) is 3.40. The summed E-state index contributed by atoms with van der Waals surface area (Å²) >= 11 is 0. The van der Waals surface area contributed by atoms with Crippen molar-refractivity contribution in [2.24, 2.45) is 0 Å². The van der Waals surface area contributed by atoms with Crippen LogP contribution in [0.2, 0.25) is 0 Å². The van der Waals surface area contributed by atoms with Crippen molar-refractivity contribution in [1.29, 1.82) is 0 Å². The van der Waals surface area contributed by atoms with Gasteiger partial charge in [0.2, 0.25) is 0 Å². The van der Waals surface area contributed by atoms with Gasteiger partial charge in [0.15, 0.2) is 5.78 Å². The average Bonchev–Trinajstić information content (AvgIpc) is 2.62. The van der Waals surface area contributed by atoms with Crippen molar-refractivity contribution in [3.8, 4) is 22.4 Å². The second-order valence-corrected chi connectivity index (χ2v) is 5.73. The van der Waals surface area contributed by atoms with Crippen molar-refractivity contribution in [3.63, 3.8) is 0 Å². The number of aromatic nitrogens is 1. The molecule has 0 saturated carbocycles. The smallest absolute Gasteiger partial charge is 0.155 e. The number of carbonyl (C=O) groups is 1. The minimum Gasteiger partial charge on any atom is -0.512 e. The van der Waals surface area contributed by atoms with E-state index in [9.17, 15) is 13.6 Å². The summed E-state index contributed by atoms with van der Waals surface area (Å²) in [5, 5.41) is 8.36. The number of aliphatic hydroxyl groups excluding tert-OH is 1. The van der Waals surface area contributed by atoms with E-state index in [4.69, 9.17) is 5.11 Å². The molecule has 0 unspecified atom stereocenters. The van der Waals surface area contributed by atoms with Crippen molar-refractivity contribution < 1.29 is 38.8 Å². The number of rotatable bonds is 3. The first kappa shape index (κ1) is 23.3. The van der Waals surface area contributed by atoms with Crippen LogP contribution in [0.25, 0.3) is 22.4 Å². The van der Waals surface area contributed by atoms with E-state index < -0.39 is 11.6 Å². The van der Waals surface area contributed by atoms with Gasteiger partial charge in [0.05, 0.1) is 5.76 Å². The fourth-order valence-electron chi connectivity index (χ4n) is 2.32. The van der Waals surface area contributed by atoms with E-state index in [1.807, 2.05) is 18.2 Å². The van der Waals surface area contributed by atoms with Gasteiger partial charge in [-0.3, -0.25) is 4.79 Å². The summed E-state index contributed by atoms with van der Waals surface area (Å²) in [6.07, 6.45) is 2.86. The number of allylic oxidation sites excluding steroid dienone is 2. The third kappa shape index (κ3) is 7.14. The van der Waals surface area contributed by atoms with Crippen LogP contribution in [-0.4, -0.2) is 15.9 Å². The Bertz CT molecular complexity index is 956. The number of benzene rings is 2. The fraction of sp³-hybridized carbons (Fsp3) is 0.0909. The van der Waals surface area contributed by atoms with Crippen LogP contribution in [0.3, 0.4) is 0 Å². The molecular weight excluding hydrogens is 540 g/mol. The first-order chi connectivity index (χ1) is 12.9. The van der Waals surface area contributed by atoms with Gasteiger partial charge in [-0.25, -0.2) is 8.78 Å². The largest absolute Gasteiger partial charge is 0.512 e. The van der Waals surface area contributed by atoms with Crippen molar-refractivity contribution in [2.75, 3.05) is 0 Å². The Morgan fingerprint density at radius 1 is 1.11 bits per heavy atom. The summed E-state index contributed by atoms with van der Waals surface area (Å²) in [5.41, 5.74) is 2.56. The molecule has 3 nitrogen and oxygen atoms in total. The molecule has 0 atom stereocenters. The first-order valence-corrected chi connectivity index (χ1v) is 8.13. The molecule has 2 aromatic carbocycles. The van der Waals surface area contributed by atoms with E-state index in [1.54, 1.807) is 24.4 Å². The van der Waals surface area contributed by atoms with Gasteiger partial charge in [0, 0.05) is 38.4 Å². The van der Waals surface area contributed by atoms with Crippen LogP contribution in [0.4, 0.5) is 8.78 Å². The van der Waals surface area contributed by atoms with Crippen molar-refractivity contribution in [2.45, 2.75) is 13.8 Å². The molecular formula is C22H18F2IrNO2-. The van der Waals surface area contributed by atoms with Crippen LogP contribution in [0.5, 0.6) is 0 Å². The van der Waals surface area contributed by atoms with Crippen molar-refractivity contribution in [3.05, 3.63) is 90.3 Å². The molecule has 1 heterocycles. The molecule has 0 fully saturated rings. The van der Waals surface area contributed by atoms with E-state index in [0.717, 1.165) is 17.3 Å². The fourth-order valence-corrected chi connectivity index (χ4v) is 2.32. The third-order valence-corrected chi connectivity index (χ3v) is 3.40. The Balaban J connectivity index is 0.000000425.